The SMILES string of the molecule is CC(C)C1CCCCN1C(=O)CCN1C(=O)COc2ccccc21. The highest BCUT2D eigenvalue weighted by Gasteiger charge is 2.30. The second-order valence-corrected chi connectivity index (χ2v) is 6.95. The lowest BCUT2D eigenvalue weighted by Crippen LogP contribution is -2.48. The van der Waals surface area contributed by atoms with Gasteiger partial charge < -0.3 is 14.5 Å². The smallest absolute Gasteiger partial charge is 0.265 e. The number of nitrogens with zero attached hydrogens (tertiary/aromatic N) is 2. The number of benzene rings is 1. The number of carbonyl (C=O) groups excluding carboxylic acids is 2. The highest BCUT2D eigenvalue weighted by atomic mass is 16.5. The quantitative estimate of drug-likeness (QED) is 0.853. The number of likely N-dealkylation sites (tertiary alicyclic amines) is 1. The first kappa shape index (κ1) is 16.8. The third-order valence-corrected chi connectivity index (χ3v) is 5.00. The van der Waals surface area contributed by atoms with Gasteiger partial charge in [-0.2, -0.15) is 0 Å². The van der Waals surface area contributed by atoms with Gasteiger partial charge in [0, 0.05) is 25.6 Å². The summed E-state index contributed by atoms with van der Waals surface area (Å²) in [5, 5.41) is 0. The van der Waals surface area contributed by atoms with Gasteiger partial charge >= 0.3 is 0 Å². The number of rotatable bonds is 4. The molecule has 2 heterocycles. The van der Waals surface area contributed by atoms with Crippen LogP contribution in [-0.4, -0.2) is 42.5 Å². The Morgan fingerprint density at radius 2 is 2.08 bits per heavy atom. The molecule has 5 heteroatoms. The maximum atomic E-state index is 12.7. The van der Waals surface area contributed by atoms with Crippen LogP contribution in [0, 0.1) is 5.92 Å². The number of piperidine rings is 1. The highest BCUT2D eigenvalue weighted by Crippen LogP contribution is 2.31. The summed E-state index contributed by atoms with van der Waals surface area (Å²) >= 11 is 0. The highest BCUT2D eigenvalue weighted by molar-refractivity contribution is 5.98. The zero-order valence-corrected chi connectivity index (χ0v) is 14.5. The van der Waals surface area contributed by atoms with Gasteiger partial charge in [0.05, 0.1) is 5.69 Å². The molecule has 2 aliphatic heterocycles. The zero-order chi connectivity index (χ0) is 17.1. The number of amides is 2. The van der Waals surface area contributed by atoms with E-state index in [2.05, 4.69) is 13.8 Å². The maximum absolute atomic E-state index is 12.7. The first-order chi connectivity index (χ1) is 11.6. The minimum absolute atomic E-state index is 0.0452. The van der Waals surface area contributed by atoms with E-state index in [1.54, 1.807) is 4.90 Å². The van der Waals surface area contributed by atoms with E-state index in [-0.39, 0.29) is 18.4 Å². The molecule has 1 unspecified atom stereocenters. The third-order valence-electron chi connectivity index (χ3n) is 5.00. The molecule has 0 spiro atoms. The number of ether oxygens (including phenoxy) is 1. The molecule has 1 aromatic rings. The van der Waals surface area contributed by atoms with Crippen LogP contribution in [-0.2, 0) is 9.59 Å². The van der Waals surface area contributed by atoms with Gasteiger partial charge in [-0.15, -0.1) is 0 Å². The molecule has 0 aromatic heterocycles. The van der Waals surface area contributed by atoms with Gasteiger partial charge in [0.2, 0.25) is 5.91 Å². The summed E-state index contributed by atoms with van der Waals surface area (Å²) in [5.74, 6) is 1.26. The second kappa shape index (κ2) is 7.24. The summed E-state index contributed by atoms with van der Waals surface area (Å²) in [5.41, 5.74) is 0.764. The summed E-state index contributed by atoms with van der Waals surface area (Å²) in [6, 6.07) is 7.83. The Bertz CT molecular complexity index is 614. The first-order valence-corrected chi connectivity index (χ1v) is 8.89. The van der Waals surface area contributed by atoms with Crippen molar-refractivity contribution >= 4 is 17.5 Å². The Hall–Kier alpha value is -2.04. The molecule has 0 N–H and O–H groups in total. The molecule has 1 aromatic carbocycles. The maximum Gasteiger partial charge on any atom is 0.265 e. The third kappa shape index (κ3) is 3.40. The van der Waals surface area contributed by atoms with Crippen molar-refractivity contribution in [2.75, 3.05) is 24.6 Å². The van der Waals surface area contributed by atoms with E-state index < -0.39 is 0 Å². The lowest BCUT2D eigenvalue weighted by atomic mass is 9.92. The first-order valence-electron chi connectivity index (χ1n) is 8.89. The van der Waals surface area contributed by atoms with E-state index in [9.17, 15) is 9.59 Å². The van der Waals surface area contributed by atoms with E-state index in [0.717, 1.165) is 25.1 Å². The molecule has 0 radical (unpaired) electrons. The number of fused-ring (bicyclic) bond motifs is 1. The molecule has 2 amide bonds. The Balaban J connectivity index is 1.66. The average Bonchev–Trinajstić information content (AvgIpc) is 2.60. The Kier molecular flexibility index (Phi) is 5.07. The average molecular weight is 330 g/mol. The van der Waals surface area contributed by atoms with Gasteiger partial charge in [-0.1, -0.05) is 26.0 Å². The number of para-hydroxylation sites is 2. The van der Waals surface area contributed by atoms with Gasteiger partial charge in [-0.25, -0.2) is 0 Å². The summed E-state index contributed by atoms with van der Waals surface area (Å²) in [4.78, 5) is 28.6. The van der Waals surface area contributed by atoms with E-state index in [1.807, 2.05) is 29.2 Å². The molecule has 130 valence electrons. The fourth-order valence-corrected chi connectivity index (χ4v) is 3.71. The normalized spacial score (nSPS) is 20.8. The van der Waals surface area contributed by atoms with Crippen LogP contribution >= 0.6 is 0 Å². The molecule has 1 fully saturated rings. The number of hydrogen-bond donors (Lipinski definition) is 0. The number of carbonyl (C=O) groups is 2. The van der Waals surface area contributed by atoms with Gasteiger partial charge in [0.15, 0.2) is 6.61 Å². The predicted octanol–water partition coefficient (Wildman–Crippen LogP) is 2.84. The largest absolute Gasteiger partial charge is 0.482 e. The Morgan fingerprint density at radius 1 is 1.29 bits per heavy atom. The summed E-state index contributed by atoms with van der Waals surface area (Å²) < 4.78 is 5.45. The van der Waals surface area contributed by atoms with Crippen molar-refractivity contribution in [3.05, 3.63) is 24.3 Å². The van der Waals surface area contributed by atoms with Crippen LogP contribution in [0.15, 0.2) is 24.3 Å². The molecule has 0 bridgehead atoms. The molecule has 0 aliphatic carbocycles. The van der Waals surface area contributed by atoms with Crippen molar-refractivity contribution in [1.29, 1.82) is 0 Å². The molecule has 3 rings (SSSR count). The standard InChI is InChI=1S/C19H26N2O3/c1-14(2)15-7-5-6-11-20(15)18(22)10-12-21-16-8-3-4-9-17(16)24-13-19(21)23/h3-4,8-9,14-15H,5-7,10-13H2,1-2H3. The van der Waals surface area contributed by atoms with Crippen molar-refractivity contribution in [2.45, 2.75) is 45.6 Å². The van der Waals surface area contributed by atoms with Crippen molar-refractivity contribution in [2.24, 2.45) is 5.92 Å². The zero-order valence-electron chi connectivity index (χ0n) is 14.5. The number of hydrogen-bond acceptors (Lipinski definition) is 3. The summed E-state index contributed by atoms with van der Waals surface area (Å²) in [7, 11) is 0. The minimum atomic E-state index is -0.0828. The fraction of sp³-hybridized carbons (Fsp3) is 0.579. The molecule has 5 nitrogen and oxygen atoms in total. The predicted molar refractivity (Wildman–Crippen MR) is 93.1 cm³/mol. The molecule has 0 saturated carbocycles. The lowest BCUT2D eigenvalue weighted by Gasteiger charge is -2.39. The van der Waals surface area contributed by atoms with Crippen molar-refractivity contribution < 1.29 is 14.3 Å². The van der Waals surface area contributed by atoms with Crippen LogP contribution in [0.2, 0.25) is 0 Å². The lowest BCUT2D eigenvalue weighted by molar-refractivity contribution is -0.135. The fourth-order valence-electron chi connectivity index (χ4n) is 3.71. The summed E-state index contributed by atoms with van der Waals surface area (Å²) in [6.07, 6.45) is 3.72. The van der Waals surface area contributed by atoms with Crippen LogP contribution < -0.4 is 9.64 Å². The Morgan fingerprint density at radius 3 is 2.88 bits per heavy atom. The van der Waals surface area contributed by atoms with Crippen molar-refractivity contribution in [3.63, 3.8) is 0 Å². The monoisotopic (exact) mass is 330 g/mol. The minimum Gasteiger partial charge on any atom is -0.482 e. The van der Waals surface area contributed by atoms with Gasteiger partial charge in [0.25, 0.3) is 5.91 Å². The molecular formula is C19H26N2O3. The molecule has 24 heavy (non-hydrogen) atoms. The van der Waals surface area contributed by atoms with Gasteiger partial charge in [-0.05, 0) is 37.3 Å². The number of anilines is 1. The second-order valence-electron chi connectivity index (χ2n) is 6.95. The van der Waals surface area contributed by atoms with Crippen LogP contribution in [0.5, 0.6) is 5.75 Å². The van der Waals surface area contributed by atoms with Crippen LogP contribution in [0.3, 0.4) is 0 Å². The van der Waals surface area contributed by atoms with E-state index >= 15 is 0 Å². The van der Waals surface area contributed by atoms with Crippen LogP contribution in [0.4, 0.5) is 5.69 Å². The summed E-state index contributed by atoms with van der Waals surface area (Å²) in [6.45, 7) is 5.66. The molecule has 1 atom stereocenters. The van der Waals surface area contributed by atoms with Crippen LogP contribution in [0.1, 0.15) is 39.5 Å². The van der Waals surface area contributed by atoms with E-state index in [4.69, 9.17) is 4.74 Å². The molecule has 2 aliphatic rings. The van der Waals surface area contributed by atoms with Gasteiger partial charge in [-0.3, -0.25) is 9.59 Å². The molecular weight excluding hydrogens is 304 g/mol. The van der Waals surface area contributed by atoms with Crippen molar-refractivity contribution in [3.8, 4) is 5.75 Å². The van der Waals surface area contributed by atoms with Gasteiger partial charge in [0.1, 0.15) is 5.75 Å². The van der Waals surface area contributed by atoms with E-state index in [1.165, 1.54) is 6.42 Å². The van der Waals surface area contributed by atoms with Crippen molar-refractivity contribution in [1.82, 2.24) is 4.90 Å². The van der Waals surface area contributed by atoms with Crippen LogP contribution in [0.25, 0.3) is 0 Å². The molecule has 1 saturated heterocycles. The topological polar surface area (TPSA) is 49.9 Å². The Labute approximate surface area is 143 Å². The van der Waals surface area contributed by atoms with E-state index in [0.29, 0.717) is 30.7 Å².